The van der Waals surface area contributed by atoms with Gasteiger partial charge in [-0.15, -0.1) is 0 Å². The number of nitrogens with two attached hydrogens (primary N) is 2. The molecule has 0 radical (unpaired) electrons. The third-order valence-corrected chi connectivity index (χ3v) is 5.32. The lowest BCUT2D eigenvalue weighted by Crippen LogP contribution is -2.30. The minimum Gasteiger partial charge on any atom is -0.396 e. The molecule has 0 spiro atoms. The Morgan fingerprint density at radius 2 is 2.33 bits per heavy atom. The molecule has 2 aromatic heterocycles. The molecule has 1 aliphatic carbocycles. The molecule has 3 rings (SSSR count). The summed E-state index contributed by atoms with van der Waals surface area (Å²) in [6.07, 6.45) is 8.34. The Balaban J connectivity index is 2.08. The van der Waals surface area contributed by atoms with Crippen molar-refractivity contribution in [1.82, 2.24) is 14.5 Å². The maximum absolute atomic E-state index is 9.26. The number of hydrogen-bond acceptors (Lipinski definition) is 5. The lowest BCUT2D eigenvalue weighted by Gasteiger charge is -2.30. The van der Waals surface area contributed by atoms with Crippen LogP contribution in [-0.4, -0.2) is 44.5 Å². The van der Waals surface area contributed by atoms with E-state index in [1.54, 1.807) is 6.20 Å². The molecule has 1 saturated carbocycles. The van der Waals surface area contributed by atoms with Crippen molar-refractivity contribution in [1.29, 1.82) is 5.41 Å². The summed E-state index contributed by atoms with van der Waals surface area (Å²) in [6, 6.07) is 2.41. The Bertz CT molecular complexity index is 829. The molecule has 3 unspecified atom stereocenters. The number of aliphatic imine (C=N–C) groups is 1. The van der Waals surface area contributed by atoms with Gasteiger partial charge in [-0.1, -0.05) is 6.92 Å². The van der Waals surface area contributed by atoms with Crippen molar-refractivity contribution >= 4 is 23.2 Å². The second-order valence-electron chi connectivity index (χ2n) is 7.50. The van der Waals surface area contributed by atoms with E-state index in [0.29, 0.717) is 17.7 Å². The molecule has 0 saturated heterocycles. The van der Waals surface area contributed by atoms with Crippen molar-refractivity contribution in [3.8, 4) is 0 Å². The molecule has 8 heteroatoms. The zero-order valence-corrected chi connectivity index (χ0v) is 15.8. The first kappa shape index (κ1) is 19.4. The summed E-state index contributed by atoms with van der Waals surface area (Å²) in [4.78, 5) is 13.0. The average Bonchev–Trinajstić information content (AvgIpc) is 2.98. The molecule has 0 bridgehead atoms. The molecule has 2 aromatic rings. The quantitative estimate of drug-likeness (QED) is 0.434. The topological polar surface area (TPSA) is 139 Å². The highest BCUT2D eigenvalue weighted by molar-refractivity contribution is 6.01. The van der Waals surface area contributed by atoms with Crippen LogP contribution in [0.3, 0.4) is 0 Å². The van der Waals surface area contributed by atoms with E-state index in [-0.39, 0.29) is 18.5 Å². The van der Waals surface area contributed by atoms with Crippen LogP contribution >= 0.6 is 0 Å². The molecule has 3 atom stereocenters. The molecule has 146 valence electrons. The fourth-order valence-corrected chi connectivity index (χ4v) is 3.95. The highest BCUT2D eigenvalue weighted by Gasteiger charge is 2.26. The molecule has 2 heterocycles. The van der Waals surface area contributed by atoms with Crippen molar-refractivity contribution in [2.75, 3.05) is 6.61 Å². The predicted molar refractivity (Wildman–Crippen MR) is 107 cm³/mol. The van der Waals surface area contributed by atoms with Gasteiger partial charge in [-0.05, 0) is 44.1 Å². The van der Waals surface area contributed by atoms with E-state index in [2.05, 4.69) is 21.5 Å². The second kappa shape index (κ2) is 8.58. The zero-order chi connectivity index (χ0) is 19.4. The number of aliphatic hydroxyl groups is 1. The van der Waals surface area contributed by atoms with Crippen LogP contribution in [0.4, 0.5) is 0 Å². The van der Waals surface area contributed by atoms with Gasteiger partial charge in [0, 0.05) is 25.1 Å². The molecule has 6 N–H and O–H groups in total. The maximum Gasteiger partial charge on any atom is 0.151 e. The molecule has 0 aromatic carbocycles. The van der Waals surface area contributed by atoms with E-state index >= 15 is 0 Å². The van der Waals surface area contributed by atoms with Crippen LogP contribution in [0.25, 0.3) is 11.0 Å². The van der Waals surface area contributed by atoms with Crippen LogP contribution in [0.5, 0.6) is 0 Å². The number of nitrogens with one attached hydrogen (secondary N) is 1. The van der Waals surface area contributed by atoms with Gasteiger partial charge in [0.1, 0.15) is 23.4 Å². The molecular weight excluding hydrogens is 342 g/mol. The SMILES string of the molecule is CC(CCO)Cc1nc2cnc(C(N)=NC=N)cc2n1C1CCCC(N)C1. The number of pyridine rings is 1. The second-order valence-corrected chi connectivity index (χ2v) is 7.50. The van der Waals surface area contributed by atoms with E-state index in [1.807, 2.05) is 6.07 Å². The van der Waals surface area contributed by atoms with Gasteiger partial charge in [0.05, 0.1) is 11.7 Å². The number of hydrogen-bond donors (Lipinski definition) is 4. The molecule has 27 heavy (non-hydrogen) atoms. The van der Waals surface area contributed by atoms with Crippen molar-refractivity contribution in [3.63, 3.8) is 0 Å². The van der Waals surface area contributed by atoms with Gasteiger partial charge < -0.3 is 21.1 Å². The Labute approximate surface area is 159 Å². The summed E-state index contributed by atoms with van der Waals surface area (Å²) in [7, 11) is 0. The van der Waals surface area contributed by atoms with Crippen molar-refractivity contribution in [2.24, 2.45) is 22.4 Å². The molecule has 0 amide bonds. The molecule has 1 aliphatic rings. The van der Waals surface area contributed by atoms with Crippen molar-refractivity contribution in [3.05, 3.63) is 23.8 Å². The smallest absolute Gasteiger partial charge is 0.151 e. The van der Waals surface area contributed by atoms with Gasteiger partial charge in [-0.25, -0.2) is 9.98 Å². The summed E-state index contributed by atoms with van der Waals surface area (Å²) in [6.45, 7) is 2.31. The van der Waals surface area contributed by atoms with Crippen LogP contribution in [-0.2, 0) is 6.42 Å². The Hall–Kier alpha value is -2.32. The van der Waals surface area contributed by atoms with Crippen LogP contribution in [0.1, 0.15) is 56.6 Å². The first-order chi connectivity index (χ1) is 13.0. The highest BCUT2D eigenvalue weighted by atomic mass is 16.3. The summed E-state index contributed by atoms with van der Waals surface area (Å²) >= 11 is 0. The van der Waals surface area contributed by atoms with Crippen LogP contribution in [0, 0.1) is 11.3 Å². The normalized spacial score (nSPS) is 22.1. The van der Waals surface area contributed by atoms with Gasteiger partial charge in [0.15, 0.2) is 5.84 Å². The Kier molecular flexibility index (Phi) is 6.18. The van der Waals surface area contributed by atoms with Gasteiger partial charge >= 0.3 is 0 Å². The Morgan fingerprint density at radius 3 is 3.04 bits per heavy atom. The largest absolute Gasteiger partial charge is 0.396 e. The van der Waals surface area contributed by atoms with Gasteiger partial charge in [0.25, 0.3) is 0 Å². The number of fused-ring (bicyclic) bond motifs is 1. The number of aromatic nitrogens is 3. The summed E-state index contributed by atoms with van der Waals surface area (Å²) in [5.74, 6) is 1.56. The monoisotopic (exact) mass is 371 g/mol. The van der Waals surface area contributed by atoms with Crippen molar-refractivity contribution in [2.45, 2.75) is 57.5 Å². The number of aliphatic hydroxyl groups excluding tert-OH is 1. The summed E-state index contributed by atoms with van der Waals surface area (Å²) in [5.41, 5.74) is 14.5. The van der Waals surface area contributed by atoms with E-state index in [1.165, 1.54) is 0 Å². The number of nitrogens with zero attached hydrogens (tertiary/aromatic N) is 4. The average molecular weight is 371 g/mol. The first-order valence-electron chi connectivity index (χ1n) is 9.59. The summed E-state index contributed by atoms with van der Waals surface area (Å²) < 4.78 is 2.30. The zero-order valence-electron chi connectivity index (χ0n) is 15.8. The van der Waals surface area contributed by atoms with Crippen LogP contribution in [0.15, 0.2) is 17.3 Å². The van der Waals surface area contributed by atoms with Gasteiger partial charge in [-0.2, -0.15) is 0 Å². The molecular formula is C19H29N7O. The van der Waals surface area contributed by atoms with E-state index in [0.717, 1.165) is 61.7 Å². The minimum atomic E-state index is 0.179. The Morgan fingerprint density at radius 1 is 1.52 bits per heavy atom. The van der Waals surface area contributed by atoms with E-state index in [9.17, 15) is 5.11 Å². The van der Waals surface area contributed by atoms with Crippen LogP contribution < -0.4 is 11.5 Å². The summed E-state index contributed by atoms with van der Waals surface area (Å²) in [5, 5.41) is 16.4. The first-order valence-corrected chi connectivity index (χ1v) is 9.59. The van der Waals surface area contributed by atoms with Gasteiger partial charge in [0.2, 0.25) is 0 Å². The highest BCUT2D eigenvalue weighted by Crippen LogP contribution is 2.33. The molecule has 0 aliphatic heterocycles. The van der Waals surface area contributed by atoms with Gasteiger partial charge in [-0.3, -0.25) is 10.4 Å². The maximum atomic E-state index is 9.26. The van der Waals surface area contributed by atoms with Crippen molar-refractivity contribution < 1.29 is 5.11 Å². The lowest BCUT2D eigenvalue weighted by molar-refractivity contribution is 0.258. The number of imidazole rings is 1. The molecule has 8 nitrogen and oxygen atoms in total. The van der Waals surface area contributed by atoms with E-state index in [4.69, 9.17) is 21.9 Å². The third-order valence-electron chi connectivity index (χ3n) is 5.32. The number of rotatable bonds is 7. The van der Waals surface area contributed by atoms with E-state index < -0.39 is 0 Å². The third kappa shape index (κ3) is 4.33. The predicted octanol–water partition coefficient (Wildman–Crippen LogP) is 1.75. The standard InChI is InChI=1S/C19H29N7O/c1-12(5-6-27)7-18-25-16-10-23-15(19(22)24-11-20)9-17(16)26(18)14-4-2-3-13(21)8-14/h9-14,27H,2-8,21H2,1H3,(H3,20,22,24). The molecule has 1 fully saturated rings. The fraction of sp³-hybridized carbons (Fsp3) is 0.579. The van der Waals surface area contributed by atoms with Crippen LogP contribution in [0.2, 0.25) is 0 Å². The number of amidine groups is 1. The lowest BCUT2D eigenvalue weighted by atomic mass is 9.91. The fourth-order valence-electron chi connectivity index (χ4n) is 3.95. The minimum absolute atomic E-state index is 0.179.